The van der Waals surface area contributed by atoms with E-state index in [1.54, 1.807) is 43.3 Å². The summed E-state index contributed by atoms with van der Waals surface area (Å²) in [6.45, 7) is 1.90. The Morgan fingerprint density at radius 1 is 1.27 bits per heavy atom. The summed E-state index contributed by atoms with van der Waals surface area (Å²) < 4.78 is 15.3. The Morgan fingerprint density at radius 2 is 2.03 bits per heavy atom. The molecule has 0 atom stereocenters. The van der Waals surface area contributed by atoms with Gasteiger partial charge in [-0.3, -0.25) is 9.79 Å². The minimum absolute atomic E-state index is 0.0660. The van der Waals surface area contributed by atoms with Crippen LogP contribution >= 0.6 is 0 Å². The molecule has 5 N–H and O–H groups in total. The summed E-state index contributed by atoms with van der Waals surface area (Å²) in [5.41, 5.74) is 14.2. The maximum Gasteiger partial charge on any atom is 0.272 e. The number of nitrogens with one attached hydrogen (secondary N) is 1. The number of aliphatic imine (C=N–C) groups is 1. The van der Waals surface area contributed by atoms with E-state index in [1.165, 1.54) is 19.3 Å². The molecule has 0 amide bonds. The number of rotatable bonds is 4. The zero-order valence-corrected chi connectivity index (χ0v) is 18.1. The van der Waals surface area contributed by atoms with E-state index >= 15 is 4.39 Å². The number of benzene rings is 3. The average Bonchev–Trinajstić information content (AvgIpc) is 2.81. The molecule has 164 valence electrons. The van der Waals surface area contributed by atoms with Crippen LogP contribution in [-0.4, -0.2) is 23.0 Å². The van der Waals surface area contributed by atoms with Crippen LogP contribution in [0.1, 0.15) is 27.9 Å². The Morgan fingerprint density at radius 3 is 2.70 bits per heavy atom. The molecule has 4 aromatic rings. The van der Waals surface area contributed by atoms with Gasteiger partial charge in [-0.15, -0.1) is 0 Å². The van der Waals surface area contributed by atoms with Crippen LogP contribution in [0, 0.1) is 24.1 Å². The van der Waals surface area contributed by atoms with E-state index in [0.717, 1.165) is 0 Å². The maximum atomic E-state index is 15.3. The molecule has 3 aromatic carbocycles. The highest BCUT2D eigenvalue weighted by molar-refractivity contribution is 6.33. The fourth-order valence-corrected chi connectivity index (χ4v) is 4.20. The first-order valence-corrected chi connectivity index (χ1v) is 10.2. The minimum atomic E-state index is -0.580. The van der Waals surface area contributed by atoms with Crippen molar-refractivity contribution < 1.29 is 4.39 Å². The van der Waals surface area contributed by atoms with Crippen molar-refractivity contribution in [2.75, 3.05) is 7.05 Å². The molecule has 0 fully saturated rings. The van der Waals surface area contributed by atoms with Crippen molar-refractivity contribution in [2.45, 2.75) is 13.5 Å². The van der Waals surface area contributed by atoms with Crippen molar-refractivity contribution in [3.8, 4) is 6.07 Å². The molecule has 0 aliphatic rings. The zero-order chi connectivity index (χ0) is 23.7. The first kappa shape index (κ1) is 21.9. The van der Waals surface area contributed by atoms with Crippen LogP contribution in [0.15, 0.2) is 58.5 Å². The second-order valence-corrected chi connectivity index (χ2v) is 7.51. The number of nitrogens with zero attached hydrogens (tertiary/aromatic N) is 3. The molecule has 0 bridgehead atoms. The number of halogens is 1. The SMILES string of the molecule is CN=C(C(=CN)c1cc(C)c2c(=O)[nH]nc(CN)c2c1)c1c(F)cc2ccccc2c1C#N. The second-order valence-electron chi connectivity index (χ2n) is 7.51. The van der Waals surface area contributed by atoms with Gasteiger partial charge in [0.05, 0.1) is 27.9 Å². The Labute approximate surface area is 188 Å². The molecule has 4 rings (SSSR count). The predicted molar refractivity (Wildman–Crippen MR) is 128 cm³/mol. The van der Waals surface area contributed by atoms with Gasteiger partial charge in [-0.1, -0.05) is 30.3 Å². The fraction of sp³-hybridized carbons (Fsp3) is 0.120. The summed E-state index contributed by atoms with van der Waals surface area (Å²) in [5.74, 6) is -0.580. The summed E-state index contributed by atoms with van der Waals surface area (Å²) >= 11 is 0. The van der Waals surface area contributed by atoms with Crippen LogP contribution in [0.2, 0.25) is 0 Å². The van der Waals surface area contributed by atoms with E-state index in [-0.39, 0.29) is 28.9 Å². The largest absolute Gasteiger partial charge is 0.404 e. The number of nitriles is 1. The second kappa shape index (κ2) is 8.65. The molecule has 33 heavy (non-hydrogen) atoms. The van der Waals surface area contributed by atoms with E-state index in [4.69, 9.17) is 11.5 Å². The lowest BCUT2D eigenvalue weighted by Crippen LogP contribution is -2.16. The molecule has 8 heteroatoms. The van der Waals surface area contributed by atoms with Gasteiger partial charge < -0.3 is 11.5 Å². The van der Waals surface area contributed by atoms with Crippen LogP contribution in [-0.2, 0) is 6.54 Å². The third-order valence-electron chi connectivity index (χ3n) is 5.67. The summed E-state index contributed by atoms with van der Waals surface area (Å²) in [6, 6.07) is 14.1. The topological polar surface area (TPSA) is 134 Å². The third-order valence-corrected chi connectivity index (χ3v) is 5.67. The molecular formula is C25H21FN6O. The Kier molecular flexibility index (Phi) is 5.73. The van der Waals surface area contributed by atoms with Gasteiger partial charge in [-0.05, 0) is 35.6 Å². The molecule has 0 unspecified atom stereocenters. The number of nitrogens with two attached hydrogens (primary N) is 2. The van der Waals surface area contributed by atoms with Crippen molar-refractivity contribution >= 4 is 32.8 Å². The van der Waals surface area contributed by atoms with Gasteiger partial charge in [-0.25, -0.2) is 9.49 Å². The highest BCUT2D eigenvalue weighted by Crippen LogP contribution is 2.31. The fourth-order valence-electron chi connectivity index (χ4n) is 4.20. The minimum Gasteiger partial charge on any atom is -0.404 e. The standard InChI is InChI=1S/C25H21FN6O/c1-13-7-15(8-17-21(12-29)31-32-25(33)22(13)17)18(10-27)24(30-2)23-19(11-28)16-6-4-3-5-14(16)9-20(23)26/h3-10H,12,27,29H2,1-2H3,(H,32,33). The van der Waals surface area contributed by atoms with Gasteiger partial charge >= 0.3 is 0 Å². The van der Waals surface area contributed by atoms with Crippen LogP contribution < -0.4 is 17.0 Å². The highest BCUT2D eigenvalue weighted by Gasteiger charge is 2.23. The van der Waals surface area contributed by atoms with Gasteiger partial charge in [0, 0.05) is 36.1 Å². The lowest BCUT2D eigenvalue weighted by molar-refractivity contribution is 0.627. The van der Waals surface area contributed by atoms with Gasteiger partial charge in [0.25, 0.3) is 5.56 Å². The number of fused-ring (bicyclic) bond motifs is 2. The van der Waals surface area contributed by atoms with Crippen molar-refractivity contribution in [3.05, 3.63) is 92.8 Å². The number of aromatic amines is 1. The van der Waals surface area contributed by atoms with Gasteiger partial charge in [0.1, 0.15) is 11.9 Å². The molecular weight excluding hydrogens is 419 g/mol. The molecule has 7 nitrogen and oxygen atoms in total. The molecule has 0 aliphatic heterocycles. The van der Waals surface area contributed by atoms with E-state index in [9.17, 15) is 10.1 Å². The molecule has 1 heterocycles. The number of allylic oxidation sites excluding steroid dienone is 1. The normalized spacial score (nSPS) is 12.3. The Bertz CT molecular complexity index is 1580. The lowest BCUT2D eigenvalue weighted by atomic mass is 9.89. The Hall–Kier alpha value is -4.35. The van der Waals surface area contributed by atoms with Crippen molar-refractivity contribution in [1.29, 1.82) is 5.26 Å². The van der Waals surface area contributed by atoms with Crippen LogP contribution in [0.5, 0.6) is 0 Å². The summed E-state index contributed by atoms with van der Waals surface area (Å²) in [7, 11) is 1.51. The lowest BCUT2D eigenvalue weighted by Gasteiger charge is -2.16. The zero-order valence-electron chi connectivity index (χ0n) is 18.1. The molecule has 0 saturated heterocycles. The number of aromatic nitrogens is 2. The summed E-state index contributed by atoms with van der Waals surface area (Å²) in [6.07, 6.45) is 1.32. The van der Waals surface area contributed by atoms with Gasteiger partial charge in [0.2, 0.25) is 0 Å². The number of hydrogen-bond acceptors (Lipinski definition) is 6. The maximum absolute atomic E-state index is 15.3. The first-order valence-electron chi connectivity index (χ1n) is 10.2. The quantitative estimate of drug-likeness (QED) is 0.419. The molecule has 0 radical (unpaired) electrons. The van der Waals surface area contributed by atoms with Crippen molar-refractivity contribution in [3.63, 3.8) is 0 Å². The molecule has 1 aromatic heterocycles. The third kappa shape index (κ3) is 3.54. The molecule has 0 saturated carbocycles. The monoisotopic (exact) mass is 440 g/mol. The average molecular weight is 440 g/mol. The highest BCUT2D eigenvalue weighted by atomic mass is 19.1. The van der Waals surface area contributed by atoms with E-state index < -0.39 is 5.82 Å². The van der Waals surface area contributed by atoms with Crippen molar-refractivity contribution in [1.82, 2.24) is 10.2 Å². The smallest absolute Gasteiger partial charge is 0.272 e. The predicted octanol–water partition coefficient (Wildman–Crippen LogP) is 3.27. The first-order chi connectivity index (χ1) is 15.9. The van der Waals surface area contributed by atoms with Crippen LogP contribution in [0.4, 0.5) is 4.39 Å². The number of aryl methyl sites for hydroxylation is 1. The van der Waals surface area contributed by atoms with E-state index in [0.29, 0.717) is 43.9 Å². The van der Waals surface area contributed by atoms with Crippen LogP contribution in [0.25, 0.3) is 27.1 Å². The summed E-state index contributed by atoms with van der Waals surface area (Å²) in [4.78, 5) is 16.7. The van der Waals surface area contributed by atoms with Crippen LogP contribution in [0.3, 0.4) is 0 Å². The van der Waals surface area contributed by atoms with Gasteiger partial charge in [0.15, 0.2) is 0 Å². The summed E-state index contributed by atoms with van der Waals surface area (Å²) in [5, 5.41) is 18.7. The molecule has 0 spiro atoms. The van der Waals surface area contributed by atoms with E-state index in [1.807, 2.05) is 0 Å². The Balaban J connectivity index is 2.01. The molecule has 0 aliphatic carbocycles. The van der Waals surface area contributed by atoms with Gasteiger partial charge in [-0.2, -0.15) is 10.4 Å². The number of hydrogen-bond donors (Lipinski definition) is 3. The number of H-pyrrole nitrogens is 1. The van der Waals surface area contributed by atoms with E-state index in [2.05, 4.69) is 21.3 Å². The van der Waals surface area contributed by atoms with Crippen molar-refractivity contribution in [2.24, 2.45) is 16.5 Å².